The molecule has 3 rings (SSSR count). The van der Waals surface area contributed by atoms with Gasteiger partial charge in [0.1, 0.15) is 6.54 Å². The van der Waals surface area contributed by atoms with E-state index in [0.717, 1.165) is 37.9 Å². The number of carbonyl (C=O) groups is 2. The average Bonchev–Trinajstić information content (AvgIpc) is 3.30. The van der Waals surface area contributed by atoms with Crippen LogP contribution in [0.4, 0.5) is 0 Å². The molecule has 2 aliphatic rings. The van der Waals surface area contributed by atoms with Gasteiger partial charge >= 0.3 is 0 Å². The van der Waals surface area contributed by atoms with Gasteiger partial charge in [-0.15, -0.1) is 0 Å². The van der Waals surface area contributed by atoms with E-state index in [1.807, 2.05) is 30.0 Å². The third kappa shape index (κ3) is 7.21. The fraction of sp³-hybridized carbons (Fsp3) is 0.667. The van der Waals surface area contributed by atoms with Crippen LogP contribution in [0.3, 0.4) is 0 Å². The zero-order chi connectivity index (χ0) is 22.8. The maximum atomic E-state index is 12.8. The topological polar surface area (TPSA) is 89.9 Å². The van der Waals surface area contributed by atoms with Crippen LogP contribution < -0.4 is 10.6 Å². The average molecular weight is 443 g/mol. The Kier molecular flexibility index (Phi) is 9.31. The van der Waals surface area contributed by atoms with Crippen molar-refractivity contribution in [3.8, 4) is 0 Å². The van der Waals surface area contributed by atoms with Gasteiger partial charge in [-0.3, -0.25) is 14.6 Å². The Labute approximate surface area is 191 Å². The summed E-state index contributed by atoms with van der Waals surface area (Å²) in [7, 11) is 1.80. The van der Waals surface area contributed by atoms with Crippen molar-refractivity contribution in [1.29, 1.82) is 0 Å². The first-order valence-corrected chi connectivity index (χ1v) is 12.0. The van der Waals surface area contributed by atoms with E-state index in [1.54, 1.807) is 18.1 Å². The van der Waals surface area contributed by atoms with Crippen molar-refractivity contribution in [1.82, 2.24) is 25.4 Å². The zero-order valence-electron chi connectivity index (χ0n) is 19.6. The molecule has 8 heteroatoms. The van der Waals surface area contributed by atoms with Crippen LogP contribution in [0.2, 0.25) is 0 Å². The van der Waals surface area contributed by atoms with E-state index in [0.29, 0.717) is 31.5 Å². The molecule has 1 saturated carbocycles. The number of hydrogen-bond donors (Lipinski definition) is 2. The molecule has 0 spiro atoms. The molecule has 0 radical (unpaired) electrons. The minimum absolute atomic E-state index is 0.0290. The van der Waals surface area contributed by atoms with Crippen LogP contribution in [0, 0.1) is 5.92 Å². The SMILES string of the molecule is CCNC(=NCC(=O)N(C)CCc1ccccn1)NC1CCN(C(=O)C2CCCCC2)C1. The summed E-state index contributed by atoms with van der Waals surface area (Å²) in [5.41, 5.74) is 0.971. The predicted octanol–water partition coefficient (Wildman–Crippen LogP) is 1.82. The van der Waals surface area contributed by atoms with Gasteiger partial charge in [-0.2, -0.15) is 0 Å². The van der Waals surface area contributed by atoms with Crippen molar-refractivity contribution in [2.75, 3.05) is 39.8 Å². The van der Waals surface area contributed by atoms with Crippen LogP contribution >= 0.6 is 0 Å². The Morgan fingerprint density at radius 3 is 2.75 bits per heavy atom. The summed E-state index contributed by atoms with van der Waals surface area (Å²) in [6, 6.07) is 5.97. The predicted molar refractivity (Wildman–Crippen MR) is 126 cm³/mol. The van der Waals surface area contributed by atoms with Gasteiger partial charge in [0, 0.05) is 63.5 Å². The minimum atomic E-state index is -0.0290. The summed E-state index contributed by atoms with van der Waals surface area (Å²) in [5.74, 6) is 1.14. The maximum Gasteiger partial charge on any atom is 0.244 e. The third-order valence-electron chi connectivity index (χ3n) is 6.37. The first kappa shape index (κ1) is 24.0. The molecule has 1 aliphatic carbocycles. The van der Waals surface area contributed by atoms with Crippen LogP contribution in [0.15, 0.2) is 29.4 Å². The highest BCUT2D eigenvalue weighted by atomic mass is 16.2. The van der Waals surface area contributed by atoms with Gasteiger partial charge in [-0.05, 0) is 38.3 Å². The summed E-state index contributed by atoms with van der Waals surface area (Å²) >= 11 is 0. The first-order valence-electron chi connectivity index (χ1n) is 12.0. The van der Waals surface area contributed by atoms with Crippen LogP contribution in [0.25, 0.3) is 0 Å². The number of hydrogen-bond acceptors (Lipinski definition) is 4. The van der Waals surface area contributed by atoms with Crippen molar-refractivity contribution < 1.29 is 9.59 Å². The van der Waals surface area contributed by atoms with Crippen LogP contribution in [-0.2, 0) is 16.0 Å². The van der Waals surface area contributed by atoms with E-state index < -0.39 is 0 Å². The summed E-state index contributed by atoms with van der Waals surface area (Å²) in [5, 5.41) is 6.64. The summed E-state index contributed by atoms with van der Waals surface area (Å²) in [6.07, 6.45) is 9.07. The molecule has 1 aromatic heterocycles. The van der Waals surface area contributed by atoms with Crippen molar-refractivity contribution in [2.24, 2.45) is 10.9 Å². The molecule has 2 fully saturated rings. The molecule has 8 nitrogen and oxygen atoms in total. The Bertz CT molecular complexity index is 763. The molecule has 1 aromatic rings. The molecule has 0 aromatic carbocycles. The van der Waals surface area contributed by atoms with E-state index in [2.05, 4.69) is 20.6 Å². The smallest absolute Gasteiger partial charge is 0.244 e. The number of nitrogens with one attached hydrogen (secondary N) is 2. The lowest BCUT2D eigenvalue weighted by atomic mass is 9.88. The number of aliphatic imine (C=N–C) groups is 1. The molecule has 1 unspecified atom stereocenters. The molecule has 2 amide bonds. The van der Waals surface area contributed by atoms with E-state index in [-0.39, 0.29) is 24.4 Å². The summed E-state index contributed by atoms with van der Waals surface area (Å²) in [6.45, 7) is 4.92. The molecule has 2 N–H and O–H groups in total. The highest BCUT2D eigenvalue weighted by Gasteiger charge is 2.31. The van der Waals surface area contributed by atoms with E-state index >= 15 is 0 Å². The third-order valence-corrected chi connectivity index (χ3v) is 6.37. The fourth-order valence-electron chi connectivity index (χ4n) is 4.42. The number of aromatic nitrogens is 1. The molecule has 176 valence electrons. The van der Waals surface area contributed by atoms with E-state index in [4.69, 9.17) is 0 Å². The maximum absolute atomic E-state index is 12.8. The van der Waals surface area contributed by atoms with Gasteiger partial charge < -0.3 is 20.4 Å². The molecular formula is C24H38N6O2. The van der Waals surface area contributed by atoms with Crippen molar-refractivity contribution in [3.63, 3.8) is 0 Å². The van der Waals surface area contributed by atoms with Crippen molar-refractivity contribution >= 4 is 17.8 Å². The van der Waals surface area contributed by atoms with Gasteiger partial charge in [0.25, 0.3) is 0 Å². The normalized spacial score (nSPS) is 19.6. The lowest BCUT2D eigenvalue weighted by Crippen LogP contribution is -2.46. The second-order valence-corrected chi connectivity index (χ2v) is 8.83. The minimum Gasteiger partial charge on any atom is -0.357 e. The van der Waals surface area contributed by atoms with Crippen LogP contribution in [0.1, 0.15) is 51.1 Å². The molecule has 1 saturated heterocycles. The Hall–Kier alpha value is -2.64. The summed E-state index contributed by atoms with van der Waals surface area (Å²) in [4.78, 5) is 37.8. The van der Waals surface area contributed by atoms with Crippen molar-refractivity contribution in [3.05, 3.63) is 30.1 Å². The molecule has 32 heavy (non-hydrogen) atoms. The monoisotopic (exact) mass is 442 g/mol. The van der Waals surface area contributed by atoms with Gasteiger partial charge in [-0.1, -0.05) is 25.3 Å². The number of likely N-dealkylation sites (N-methyl/N-ethyl adjacent to an activating group) is 1. The van der Waals surface area contributed by atoms with E-state index in [1.165, 1.54) is 19.3 Å². The highest BCUT2D eigenvalue weighted by Crippen LogP contribution is 2.26. The molecular weight excluding hydrogens is 404 g/mol. The van der Waals surface area contributed by atoms with Crippen LogP contribution in [-0.4, -0.2) is 78.4 Å². The molecule has 0 bridgehead atoms. The second kappa shape index (κ2) is 12.4. The molecule has 1 aliphatic heterocycles. The quantitative estimate of drug-likeness (QED) is 0.474. The van der Waals surface area contributed by atoms with E-state index in [9.17, 15) is 9.59 Å². The second-order valence-electron chi connectivity index (χ2n) is 8.83. The summed E-state index contributed by atoms with van der Waals surface area (Å²) < 4.78 is 0. The molecule has 1 atom stereocenters. The first-order chi connectivity index (χ1) is 15.6. The lowest BCUT2D eigenvalue weighted by molar-refractivity contribution is -0.135. The standard InChI is InChI=1S/C24H38N6O2/c1-3-25-24(27-17-22(31)29(2)15-12-20-11-7-8-14-26-20)28-21-13-16-30(18-21)23(32)19-9-5-4-6-10-19/h7-8,11,14,19,21H,3-6,9-10,12-13,15-18H2,1-2H3,(H2,25,27,28). The Balaban J connectivity index is 1.45. The zero-order valence-corrected chi connectivity index (χ0v) is 19.6. The number of amides is 2. The van der Waals surface area contributed by atoms with Gasteiger partial charge in [-0.25, -0.2) is 4.99 Å². The van der Waals surface area contributed by atoms with Gasteiger partial charge in [0.2, 0.25) is 11.8 Å². The number of pyridine rings is 1. The van der Waals surface area contributed by atoms with Crippen molar-refractivity contribution in [2.45, 2.75) is 57.9 Å². The largest absolute Gasteiger partial charge is 0.357 e. The highest BCUT2D eigenvalue weighted by molar-refractivity contribution is 5.85. The van der Waals surface area contributed by atoms with Gasteiger partial charge in [0.05, 0.1) is 0 Å². The lowest BCUT2D eigenvalue weighted by Gasteiger charge is -2.26. The molecule has 2 heterocycles. The number of carbonyl (C=O) groups excluding carboxylic acids is 2. The fourth-order valence-corrected chi connectivity index (χ4v) is 4.42. The number of guanidine groups is 1. The Morgan fingerprint density at radius 2 is 2.03 bits per heavy atom. The van der Waals surface area contributed by atoms with Gasteiger partial charge in [0.15, 0.2) is 5.96 Å². The number of likely N-dealkylation sites (tertiary alicyclic amines) is 1. The number of nitrogens with zero attached hydrogens (tertiary/aromatic N) is 4. The number of rotatable bonds is 8. The van der Waals surface area contributed by atoms with Crippen LogP contribution in [0.5, 0.6) is 0 Å². The Morgan fingerprint density at radius 1 is 1.22 bits per heavy atom.